The van der Waals surface area contributed by atoms with E-state index >= 15 is 0 Å². The molecule has 34 heavy (non-hydrogen) atoms. The quantitative estimate of drug-likeness (QED) is 0.425. The average molecular weight is 508 g/mol. The van der Waals surface area contributed by atoms with Crippen LogP contribution in [0.1, 0.15) is 64.4 Å². The molecule has 3 aliphatic rings. The van der Waals surface area contributed by atoms with Gasteiger partial charge in [-0.15, -0.1) is 12.6 Å². The van der Waals surface area contributed by atoms with E-state index in [0.717, 1.165) is 51.6 Å². The Morgan fingerprint density at radius 3 is 2.56 bits per heavy atom. The van der Waals surface area contributed by atoms with Gasteiger partial charge in [0.25, 0.3) is 0 Å². The average Bonchev–Trinajstić information content (AvgIpc) is 3.01. The number of anilines is 1. The minimum Gasteiger partial charge on any atom is -0.376 e. The number of carbonyl (C=O) groups excluding carboxylic acids is 1. The van der Waals surface area contributed by atoms with Crippen LogP contribution in [0.15, 0.2) is 18.2 Å². The van der Waals surface area contributed by atoms with Crippen LogP contribution in [0.4, 0.5) is 5.69 Å². The van der Waals surface area contributed by atoms with Crippen molar-refractivity contribution in [2.24, 2.45) is 0 Å². The van der Waals surface area contributed by atoms with Crippen LogP contribution in [-0.4, -0.2) is 60.1 Å². The molecule has 3 fully saturated rings. The van der Waals surface area contributed by atoms with Gasteiger partial charge in [0.2, 0.25) is 5.91 Å². The first kappa shape index (κ1) is 25.7. The molecule has 7 nitrogen and oxygen atoms in total. The molecular formula is C25H34ClN3O4S. The molecule has 2 unspecified atom stereocenters. The third-order valence-electron chi connectivity index (χ3n) is 7.13. The van der Waals surface area contributed by atoms with Gasteiger partial charge in [-0.2, -0.15) is 5.26 Å². The normalized spacial score (nSPS) is 29.9. The van der Waals surface area contributed by atoms with Crippen molar-refractivity contribution in [3.8, 4) is 6.07 Å². The van der Waals surface area contributed by atoms with Crippen molar-refractivity contribution >= 4 is 35.8 Å². The van der Waals surface area contributed by atoms with Gasteiger partial charge in [-0.1, -0.05) is 11.6 Å². The van der Waals surface area contributed by atoms with E-state index in [1.54, 1.807) is 23.1 Å². The Labute approximate surface area is 212 Å². The van der Waals surface area contributed by atoms with Crippen LogP contribution in [0.3, 0.4) is 0 Å². The molecule has 1 aromatic rings. The molecule has 2 heterocycles. The van der Waals surface area contributed by atoms with Crippen molar-refractivity contribution in [3.05, 3.63) is 28.8 Å². The number of amides is 1. The van der Waals surface area contributed by atoms with E-state index in [1.807, 2.05) is 13.8 Å². The first-order chi connectivity index (χ1) is 16.3. The minimum atomic E-state index is -0.695. The highest BCUT2D eigenvalue weighted by molar-refractivity contribution is 7.81. The van der Waals surface area contributed by atoms with Gasteiger partial charge in [0.05, 0.1) is 35.4 Å². The van der Waals surface area contributed by atoms with Crippen molar-refractivity contribution in [3.63, 3.8) is 0 Å². The summed E-state index contributed by atoms with van der Waals surface area (Å²) in [5.74, 6) is -0.0197. The first-order valence-electron chi connectivity index (χ1n) is 12.2. The van der Waals surface area contributed by atoms with Gasteiger partial charge >= 0.3 is 0 Å². The lowest BCUT2D eigenvalue weighted by atomic mass is 9.89. The van der Waals surface area contributed by atoms with Crippen molar-refractivity contribution in [1.82, 2.24) is 4.90 Å². The smallest absolute Gasteiger partial charge is 0.249 e. The Morgan fingerprint density at radius 1 is 1.18 bits per heavy atom. The summed E-state index contributed by atoms with van der Waals surface area (Å²) in [6.07, 6.45) is 7.12. The Hall–Kier alpha value is -1.34. The lowest BCUT2D eigenvalue weighted by Crippen LogP contribution is -2.52. The Bertz CT molecular complexity index is 910. The summed E-state index contributed by atoms with van der Waals surface area (Å²) in [7, 11) is 0. The van der Waals surface area contributed by atoms with E-state index in [-0.39, 0.29) is 24.3 Å². The van der Waals surface area contributed by atoms with Crippen molar-refractivity contribution in [1.29, 1.82) is 5.26 Å². The van der Waals surface area contributed by atoms with Gasteiger partial charge in [0.15, 0.2) is 6.29 Å². The SMILES string of the molecule is CC1(C)C(=O)N(c2ccc(C#N)c(Cl)c2)C(S)N1C1CCC(OCCOC2CCCCO2)CC1. The predicted octanol–water partition coefficient (Wildman–Crippen LogP) is 4.72. The maximum absolute atomic E-state index is 13.4. The Morgan fingerprint density at radius 2 is 1.91 bits per heavy atom. The van der Waals surface area contributed by atoms with Gasteiger partial charge in [-0.25, -0.2) is 0 Å². The minimum absolute atomic E-state index is 0.0197. The number of halogens is 1. The maximum Gasteiger partial charge on any atom is 0.249 e. The van der Waals surface area contributed by atoms with Crippen LogP contribution < -0.4 is 4.90 Å². The summed E-state index contributed by atoms with van der Waals surface area (Å²) >= 11 is 11.1. The van der Waals surface area contributed by atoms with E-state index in [0.29, 0.717) is 29.5 Å². The number of thiol groups is 1. The van der Waals surface area contributed by atoms with Crippen molar-refractivity contribution < 1.29 is 19.0 Å². The molecule has 0 radical (unpaired) electrons. The van der Waals surface area contributed by atoms with Crippen LogP contribution in [0.25, 0.3) is 0 Å². The number of nitriles is 1. The molecule has 2 aliphatic heterocycles. The van der Waals surface area contributed by atoms with Crippen LogP contribution in [0.5, 0.6) is 0 Å². The topological polar surface area (TPSA) is 75.0 Å². The zero-order valence-corrected chi connectivity index (χ0v) is 21.6. The molecule has 0 spiro atoms. The highest BCUT2D eigenvalue weighted by atomic mass is 35.5. The van der Waals surface area contributed by atoms with Crippen LogP contribution >= 0.6 is 24.2 Å². The second-order valence-electron chi connectivity index (χ2n) is 9.73. The Balaban J connectivity index is 1.32. The number of benzene rings is 1. The van der Waals surface area contributed by atoms with Crippen LogP contribution in [0.2, 0.25) is 5.02 Å². The third-order valence-corrected chi connectivity index (χ3v) is 7.93. The highest BCUT2D eigenvalue weighted by Crippen LogP contribution is 2.42. The zero-order valence-electron chi connectivity index (χ0n) is 19.9. The second-order valence-corrected chi connectivity index (χ2v) is 10.6. The van der Waals surface area contributed by atoms with Gasteiger partial charge in [-0.3, -0.25) is 14.6 Å². The van der Waals surface area contributed by atoms with Gasteiger partial charge < -0.3 is 14.2 Å². The van der Waals surface area contributed by atoms with E-state index in [9.17, 15) is 4.79 Å². The summed E-state index contributed by atoms with van der Waals surface area (Å²) in [6, 6.07) is 7.37. The number of hydrogen-bond acceptors (Lipinski definition) is 7. The highest BCUT2D eigenvalue weighted by Gasteiger charge is 2.53. The second kappa shape index (κ2) is 11.2. The molecule has 2 atom stereocenters. The summed E-state index contributed by atoms with van der Waals surface area (Å²) in [5, 5.41) is 9.50. The van der Waals surface area contributed by atoms with Gasteiger partial charge in [-0.05, 0) is 77.0 Å². The van der Waals surface area contributed by atoms with Gasteiger partial charge in [0.1, 0.15) is 11.6 Å². The number of carbonyl (C=O) groups is 1. The van der Waals surface area contributed by atoms with Crippen LogP contribution in [-0.2, 0) is 19.0 Å². The first-order valence-corrected chi connectivity index (χ1v) is 13.1. The fraction of sp³-hybridized carbons (Fsp3) is 0.680. The molecule has 186 valence electrons. The number of hydrogen-bond donors (Lipinski definition) is 1. The maximum atomic E-state index is 13.4. The number of rotatable bonds is 7. The summed E-state index contributed by atoms with van der Waals surface area (Å²) in [6.45, 7) is 5.82. The molecule has 9 heteroatoms. The fourth-order valence-electron chi connectivity index (χ4n) is 5.29. The molecule has 1 saturated carbocycles. The van der Waals surface area contributed by atoms with Crippen LogP contribution in [0, 0.1) is 11.3 Å². The molecule has 1 aromatic carbocycles. The lowest BCUT2D eigenvalue weighted by molar-refractivity contribution is -0.172. The molecule has 1 aliphatic carbocycles. The molecule has 1 amide bonds. The number of ether oxygens (including phenoxy) is 3. The van der Waals surface area contributed by atoms with E-state index < -0.39 is 11.0 Å². The fourth-order valence-corrected chi connectivity index (χ4v) is 6.22. The summed E-state index contributed by atoms with van der Waals surface area (Å²) in [5.41, 5.74) is -0.0563. The van der Waals surface area contributed by atoms with E-state index in [2.05, 4.69) is 11.0 Å². The molecule has 0 bridgehead atoms. The van der Waals surface area contributed by atoms with Crippen molar-refractivity contribution in [2.75, 3.05) is 24.7 Å². The van der Waals surface area contributed by atoms with Crippen molar-refractivity contribution in [2.45, 2.75) is 88.3 Å². The standard InChI is InChI=1S/C25H34ClN3O4S/c1-25(2)23(30)28(19-7-6-17(16-27)21(26)15-19)24(34)29(25)18-8-10-20(11-9-18)31-13-14-33-22-5-3-4-12-32-22/h6-7,15,18,20,22,24,34H,3-5,8-14H2,1-2H3. The largest absolute Gasteiger partial charge is 0.376 e. The zero-order chi connectivity index (χ0) is 24.3. The lowest BCUT2D eigenvalue weighted by Gasteiger charge is -2.41. The monoisotopic (exact) mass is 507 g/mol. The van der Waals surface area contributed by atoms with E-state index in [4.69, 9.17) is 43.7 Å². The Kier molecular flexibility index (Phi) is 8.44. The molecular weight excluding hydrogens is 474 g/mol. The summed E-state index contributed by atoms with van der Waals surface area (Å²) in [4.78, 5) is 17.3. The predicted molar refractivity (Wildman–Crippen MR) is 134 cm³/mol. The third kappa shape index (κ3) is 5.40. The molecule has 2 saturated heterocycles. The van der Waals surface area contributed by atoms with Gasteiger partial charge in [0, 0.05) is 18.3 Å². The number of nitrogens with zero attached hydrogens (tertiary/aromatic N) is 3. The summed E-state index contributed by atoms with van der Waals surface area (Å²) < 4.78 is 17.4. The molecule has 4 rings (SSSR count). The molecule has 0 N–H and O–H groups in total. The molecule has 0 aromatic heterocycles. The van der Waals surface area contributed by atoms with E-state index in [1.165, 1.54) is 0 Å².